The Bertz CT molecular complexity index is 760. The van der Waals surface area contributed by atoms with Crippen LogP contribution in [-0.4, -0.2) is 21.9 Å². The van der Waals surface area contributed by atoms with E-state index in [4.69, 9.17) is 0 Å². The van der Waals surface area contributed by atoms with Crippen molar-refractivity contribution < 1.29 is 14.7 Å². The van der Waals surface area contributed by atoms with Gasteiger partial charge in [0.25, 0.3) is 5.91 Å². The van der Waals surface area contributed by atoms with Crippen molar-refractivity contribution in [3.8, 4) is 0 Å². The average molecular weight is 360 g/mol. The molecule has 0 aliphatic carbocycles. The molecule has 4 nitrogen and oxygen atoms in total. The van der Waals surface area contributed by atoms with E-state index in [2.05, 4.69) is 15.9 Å². The number of carboxylic acids is 1. The number of rotatable bonds is 3. The molecule has 0 bridgehead atoms. The third-order valence-electron chi connectivity index (χ3n) is 4.16. The number of carboxylic acid groups (broad SMARTS) is 1. The van der Waals surface area contributed by atoms with Gasteiger partial charge in [-0.3, -0.25) is 4.79 Å². The zero-order chi connectivity index (χ0) is 15.9. The minimum atomic E-state index is -1.40. The van der Waals surface area contributed by atoms with Gasteiger partial charge in [0, 0.05) is 16.6 Å². The van der Waals surface area contributed by atoms with Gasteiger partial charge in [-0.15, -0.1) is 0 Å². The Labute approximate surface area is 136 Å². The summed E-state index contributed by atoms with van der Waals surface area (Å²) in [5.41, 5.74) is 0.584. The number of amides is 1. The normalized spacial score (nSPS) is 16.3. The molecule has 2 aromatic carbocycles. The second-order valence-electron chi connectivity index (χ2n) is 5.44. The Balaban J connectivity index is 2.09. The van der Waals surface area contributed by atoms with E-state index in [1.54, 1.807) is 43.3 Å². The summed E-state index contributed by atoms with van der Waals surface area (Å²) in [4.78, 5) is 26.1. The highest BCUT2D eigenvalue weighted by Gasteiger charge is 2.47. The fraction of sp³-hybridized carbons (Fsp3) is 0.176. The Morgan fingerprint density at radius 2 is 1.91 bits per heavy atom. The maximum absolute atomic E-state index is 12.7. The van der Waals surface area contributed by atoms with E-state index in [0.29, 0.717) is 11.1 Å². The molecule has 112 valence electrons. The largest absolute Gasteiger partial charge is 0.479 e. The lowest BCUT2D eigenvalue weighted by Gasteiger charge is -2.35. The molecule has 3 rings (SSSR count). The van der Waals surface area contributed by atoms with Gasteiger partial charge in [0.1, 0.15) is 0 Å². The van der Waals surface area contributed by atoms with Crippen LogP contribution in [0.3, 0.4) is 0 Å². The van der Waals surface area contributed by atoms with E-state index in [1.165, 1.54) is 4.90 Å². The molecule has 1 heterocycles. The van der Waals surface area contributed by atoms with Crippen molar-refractivity contribution in [1.29, 1.82) is 0 Å². The molecular formula is C17H14BrNO3. The van der Waals surface area contributed by atoms with Crippen LogP contribution >= 0.6 is 15.9 Å². The molecule has 0 spiro atoms. The minimum absolute atomic E-state index is 0.253. The molecule has 0 unspecified atom stereocenters. The predicted octanol–water partition coefficient (Wildman–Crippen LogP) is 3.40. The van der Waals surface area contributed by atoms with E-state index in [9.17, 15) is 14.7 Å². The highest BCUT2D eigenvalue weighted by molar-refractivity contribution is 9.10. The van der Waals surface area contributed by atoms with Crippen LogP contribution in [0.2, 0.25) is 0 Å². The Kier molecular flexibility index (Phi) is 3.53. The van der Waals surface area contributed by atoms with Crippen molar-refractivity contribution in [2.45, 2.75) is 19.0 Å². The molecule has 1 aliphatic rings. The van der Waals surface area contributed by atoms with Crippen LogP contribution < -0.4 is 0 Å². The quantitative estimate of drug-likeness (QED) is 0.913. The third kappa shape index (κ3) is 2.13. The van der Waals surface area contributed by atoms with Crippen LogP contribution in [0.1, 0.15) is 28.4 Å². The molecule has 0 fully saturated rings. The van der Waals surface area contributed by atoms with Crippen molar-refractivity contribution in [3.05, 3.63) is 69.7 Å². The number of carbonyl (C=O) groups excluding carboxylic acids is 1. The summed E-state index contributed by atoms with van der Waals surface area (Å²) in [7, 11) is 0. The van der Waals surface area contributed by atoms with Gasteiger partial charge in [-0.2, -0.15) is 0 Å². The van der Waals surface area contributed by atoms with Crippen molar-refractivity contribution in [2.24, 2.45) is 0 Å². The molecule has 1 atom stereocenters. The van der Waals surface area contributed by atoms with Crippen molar-refractivity contribution in [3.63, 3.8) is 0 Å². The number of nitrogens with zero attached hydrogens (tertiary/aromatic N) is 1. The zero-order valence-electron chi connectivity index (χ0n) is 11.9. The fourth-order valence-electron chi connectivity index (χ4n) is 2.81. The number of aliphatic carboxylic acids is 1. The monoisotopic (exact) mass is 359 g/mol. The Morgan fingerprint density at radius 1 is 1.23 bits per heavy atom. The second kappa shape index (κ2) is 5.25. The molecule has 5 heteroatoms. The summed E-state index contributed by atoms with van der Waals surface area (Å²) in [6.45, 7) is 1.86. The number of hydrogen-bond donors (Lipinski definition) is 1. The lowest BCUT2D eigenvalue weighted by molar-refractivity contribution is -0.149. The van der Waals surface area contributed by atoms with Crippen molar-refractivity contribution in [2.75, 3.05) is 0 Å². The maximum Gasteiger partial charge on any atom is 0.334 e. The van der Waals surface area contributed by atoms with Crippen LogP contribution in [-0.2, 0) is 16.9 Å². The summed E-state index contributed by atoms with van der Waals surface area (Å²) in [5, 5.41) is 9.79. The third-order valence-corrected chi connectivity index (χ3v) is 4.66. The number of carbonyl (C=O) groups is 2. The van der Waals surface area contributed by atoms with E-state index in [0.717, 1.165) is 10.0 Å². The first-order chi connectivity index (χ1) is 10.4. The van der Waals surface area contributed by atoms with Gasteiger partial charge >= 0.3 is 5.97 Å². The highest BCUT2D eigenvalue weighted by atomic mass is 79.9. The van der Waals surface area contributed by atoms with Gasteiger partial charge in [-0.05, 0) is 36.2 Å². The first kappa shape index (κ1) is 14.8. The van der Waals surface area contributed by atoms with Crippen LogP contribution in [0.25, 0.3) is 0 Å². The molecule has 2 aromatic rings. The average Bonchev–Trinajstić information content (AvgIpc) is 2.83. The maximum atomic E-state index is 12.7. The second-order valence-corrected chi connectivity index (χ2v) is 6.35. The van der Waals surface area contributed by atoms with Gasteiger partial charge in [0.15, 0.2) is 5.54 Å². The molecule has 1 aliphatic heterocycles. The van der Waals surface area contributed by atoms with Crippen LogP contribution in [0.15, 0.2) is 53.0 Å². The lowest BCUT2D eigenvalue weighted by Crippen LogP contribution is -2.49. The molecular weight excluding hydrogens is 346 g/mol. The van der Waals surface area contributed by atoms with E-state index >= 15 is 0 Å². The molecule has 1 amide bonds. The van der Waals surface area contributed by atoms with E-state index in [-0.39, 0.29) is 12.5 Å². The Morgan fingerprint density at radius 3 is 2.55 bits per heavy atom. The standard InChI is InChI=1S/C17H14BrNO3/c1-17(16(21)22,12-5-3-2-4-6-12)19-10-11-9-13(18)7-8-14(11)15(19)20/h2-9H,10H2,1H3,(H,21,22)/t17-/m1/s1. The summed E-state index contributed by atoms with van der Waals surface area (Å²) in [6, 6.07) is 14.2. The SMILES string of the molecule is C[C@](C(=O)O)(c1ccccc1)N1Cc2cc(Br)ccc2C1=O. The van der Waals surface area contributed by atoms with Crippen molar-refractivity contribution in [1.82, 2.24) is 4.90 Å². The van der Waals surface area contributed by atoms with Crippen LogP contribution in [0.5, 0.6) is 0 Å². The smallest absolute Gasteiger partial charge is 0.334 e. The van der Waals surface area contributed by atoms with Gasteiger partial charge in [-0.1, -0.05) is 46.3 Å². The van der Waals surface area contributed by atoms with Gasteiger partial charge < -0.3 is 10.0 Å². The number of halogens is 1. The summed E-state index contributed by atoms with van der Waals surface area (Å²) < 4.78 is 0.873. The van der Waals surface area contributed by atoms with Crippen molar-refractivity contribution >= 4 is 27.8 Å². The van der Waals surface area contributed by atoms with Gasteiger partial charge in [-0.25, -0.2) is 4.79 Å². The number of hydrogen-bond acceptors (Lipinski definition) is 2. The van der Waals surface area contributed by atoms with Gasteiger partial charge in [0.05, 0.1) is 0 Å². The first-order valence-electron chi connectivity index (χ1n) is 6.84. The number of fused-ring (bicyclic) bond motifs is 1. The topological polar surface area (TPSA) is 57.6 Å². The number of benzene rings is 2. The molecule has 0 aromatic heterocycles. The molecule has 0 saturated heterocycles. The highest BCUT2D eigenvalue weighted by Crippen LogP contribution is 2.37. The summed E-state index contributed by atoms with van der Waals surface area (Å²) in [6.07, 6.45) is 0. The summed E-state index contributed by atoms with van der Waals surface area (Å²) in [5.74, 6) is -1.30. The van der Waals surface area contributed by atoms with Crippen LogP contribution in [0, 0.1) is 0 Å². The Hall–Kier alpha value is -2.14. The zero-order valence-corrected chi connectivity index (χ0v) is 13.5. The van der Waals surface area contributed by atoms with E-state index in [1.807, 2.05) is 12.1 Å². The molecule has 22 heavy (non-hydrogen) atoms. The minimum Gasteiger partial charge on any atom is -0.479 e. The summed E-state index contributed by atoms with van der Waals surface area (Å²) >= 11 is 3.38. The lowest BCUT2D eigenvalue weighted by atomic mass is 9.90. The molecule has 1 N–H and O–H groups in total. The molecule has 0 saturated carbocycles. The predicted molar refractivity (Wildman–Crippen MR) is 85.4 cm³/mol. The van der Waals surface area contributed by atoms with Crippen LogP contribution in [0.4, 0.5) is 0 Å². The van der Waals surface area contributed by atoms with Gasteiger partial charge in [0.2, 0.25) is 0 Å². The first-order valence-corrected chi connectivity index (χ1v) is 7.63. The van der Waals surface area contributed by atoms with E-state index < -0.39 is 11.5 Å². The fourth-order valence-corrected chi connectivity index (χ4v) is 3.22. The molecule has 0 radical (unpaired) electrons.